The molecule has 0 aliphatic rings. The number of rotatable bonds is 8. The molecule has 0 aliphatic heterocycles. The number of hydrogen-bond acceptors (Lipinski definition) is 5. The number of aromatic nitrogens is 2. The molecule has 0 fully saturated rings. The highest BCUT2D eigenvalue weighted by Gasteiger charge is 2.11. The maximum Gasteiger partial charge on any atom is 0.224 e. The van der Waals surface area contributed by atoms with Crippen molar-refractivity contribution in [2.45, 2.75) is 47.0 Å². The summed E-state index contributed by atoms with van der Waals surface area (Å²) in [6, 6.07) is 0. The van der Waals surface area contributed by atoms with Crippen LogP contribution in [0.2, 0.25) is 0 Å². The molecule has 1 aromatic heterocycles. The van der Waals surface area contributed by atoms with Gasteiger partial charge in [0.05, 0.1) is 0 Å². The van der Waals surface area contributed by atoms with Crippen molar-refractivity contribution in [2.75, 3.05) is 30.7 Å². The van der Waals surface area contributed by atoms with Gasteiger partial charge in [-0.15, -0.1) is 0 Å². The number of hydrogen-bond donors (Lipinski definition) is 2. The molecule has 0 spiro atoms. The van der Waals surface area contributed by atoms with Crippen LogP contribution in [0.1, 0.15) is 45.0 Å². The van der Waals surface area contributed by atoms with Crippen molar-refractivity contribution in [1.82, 2.24) is 14.9 Å². The zero-order valence-corrected chi connectivity index (χ0v) is 13.6. The Kier molecular flexibility index (Phi) is 6.91. The van der Waals surface area contributed by atoms with Crippen molar-refractivity contribution in [3.8, 4) is 0 Å². The van der Waals surface area contributed by atoms with Crippen LogP contribution in [0.25, 0.3) is 0 Å². The third kappa shape index (κ3) is 4.88. The van der Waals surface area contributed by atoms with Gasteiger partial charge in [0.1, 0.15) is 17.5 Å². The molecule has 6 nitrogen and oxygen atoms in total. The van der Waals surface area contributed by atoms with Gasteiger partial charge in [-0.25, -0.2) is 9.97 Å². The first-order valence-electron chi connectivity index (χ1n) is 7.68. The highest BCUT2D eigenvalue weighted by molar-refractivity contribution is 5.76. The number of carbonyl (C=O) groups is 1. The molecule has 1 amide bonds. The standard InChI is InChI=1S/C15H27N5O/c1-5-8-12-18-14(16)11(4)15(19-12)17-10-9-13(21)20(6-2)7-3/h5-10H2,1-4H3,(H3,16,17,18,19). The van der Waals surface area contributed by atoms with Crippen molar-refractivity contribution >= 4 is 17.5 Å². The van der Waals surface area contributed by atoms with Gasteiger partial charge in [0.2, 0.25) is 5.91 Å². The minimum atomic E-state index is 0.154. The third-order valence-corrected chi connectivity index (χ3v) is 3.45. The van der Waals surface area contributed by atoms with Crippen LogP contribution in [-0.2, 0) is 11.2 Å². The molecule has 1 rings (SSSR count). The Morgan fingerprint density at radius 3 is 2.48 bits per heavy atom. The SMILES string of the molecule is CCCc1nc(N)c(C)c(NCCC(=O)N(CC)CC)n1. The summed E-state index contributed by atoms with van der Waals surface area (Å²) in [4.78, 5) is 22.5. The highest BCUT2D eigenvalue weighted by Crippen LogP contribution is 2.17. The van der Waals surface area contributed by atoms with Gasteiger partial charge in [-0.2, -0.15) is 0 Å². The molecule has 0 saturated carbocycles. The van der Waals surface area contributed by atoms with Crippen LogP contribution < -0.4 is 11.1 Å². The summed E-state index contributed by atoms with van der Waals surface area (Å²) >= 11 is 0. The van der Waals surface area contributed by atoms with Gasteiger partial charge in [-0.3, -0.25) is 4.79 Å². The lowest BCUT2D eigenvalue weighted by atomic mass is 10.2. The first-order chi connectivity index (χ1) is 10.0. The number of amides is 1. The van der Waals surface area contributed by atoms with Crippen molar-refractivity contribution in [3.63, 3.8) is 0 Å². The van der Waals surface area contributed by atoms with E-state index in [0.717, 1.165) is 43.1 Å². The lowest BCUT2D eigenvalue weighted by molar-refractivity contribution is -0.130. The van der Waals surface area contributed by atoms with Crippen molar-refractivity contribution < 1.29 is 4.79 Å². The summed E-state index contributed by atoms with van der Waals surface area (Å²) in [5.41, 5.74) is 6.75. The van der Waals surface area contributed by atoms with Crippen LogP contribution in [-0.4, -0.2) is 40.4 Å². The molecule has 1 aromatic rings. The average molecular weight is 293 g/mol. The van der Waals surface area contributed by atoms with Gasteiger partial charge in [-0.1, -0.05) is 6.92 Å². The molecule has 0 unspecified atom stereocenters. The topological polar surface area (TPSA) is 84.1 Å². The number of carbonyl (C=O) groups excluding carboxylic acids is 1. The van der Waals surface area contributed by atoms with Gasteiger partial charge in [0.25, 0.3) is 0 Å². The number of nitrogen functional groups attached to an aromatic ring is 1. The Hall–Kier alpha value is -1.85. The van der Waals surface area contributed by atoms with E-state index in [1.165, 1.54) is 0 Å². The molecule has 0 aromatic carbocycles. The summed E-state index contributed by atoms with van der Waals surface area (Å²) in [5.74, 6) is 2.14. The summed E-state index contributed by atoms with van der Waals surface area (Å²) in [6.07, 6.45) is 2.23. The zero-order valence-electron chi connectivity index (χ0n) is 13.6. The number of aryl methyl sites for hydroxylation is 1. The average Bonchev–Trinajstić information content (AvgIpc) is 2.45. The summed E-state index contributed by atoms with van der Waals surface area (Å²) in [6.45, 7) is 9.99. The quantitative estimate of drug-likeness (QED) is 0.765. The van der Waals surface area contributed by atoms with Gasteiger partial charge in [0, 0.05) is 38.0 Å². The molecule has 21 heavy (non-hydrogen) atoms. The van der Waals surface area contributed by atoms with E-state index in [9.17, 15) is 4.79 Å². The Morgan fingerprint density at radius 1 is 1.24 bits per heavy atom. The van der Waals surface area contributed by atoms with Crippen molar-refractivity contribution in [1.29, 1.82) is 0 Å². The second kappa shape index (κ2) is 8.44. The van der Waals surface area contributed by atoms with E-state index in [0.29, 0.717) is 18.8 Å². The van der Waals surface area contributed by atoms with Gasteiger partial charge in [-0.05, 0) is 27.2 Å². The van der Waals surface area contributed by atoms with E-state index in [1.54, 1.807) is 0 Å². The van der Waals surface area contributed by atoms with Crippen molar-refractivity contribution in [3.05, 3.63) is 11.4 Å². The molecule has 0 radical (unpaired) electrons. The predicted octanol–water partition coefficient (Wildman–Crippen LogP) is 1.99. The normalized spacial score (nSPS) is 10.5. The van der Waals surface area contributed by atoms with Gasteiger partial charge >= 0.3 is 0 Å². The fraction of sp³-hybridized carbons (Fsp3) is 0.667. The molecule has 0 aliphatic carbocycles. The minimum Gasteiger partial charge on any atom is -0.383 e. The van der Waals surface area contributed by atoms with Crippen LogP contribution in [0, 0.1) is 6.92 Å². The number of nitrogens with one attached hydrogen (secondary N) is 1. The van der Waals surface area contributed by atoms with Crippen LogP contribution in [0.3, 0.4) is 0 Å². The van der Waals surface area contributed by atoms with Gasteiger partial charge in [0.15, 0.2) is 0 Å². The first-order valence-corrected chi connectivity index (χ1v) is 7.68. The van der Waals surface area contributed by atoms with E-state index in [4.69, 9.17) is 5.73 Å². The van der Waals surface area contributed by atoms with Crippen LogP contribution in [0.15, 0.2) is 0 Å². The zero-order chi connectivity index (χ0) is 15.8. The molecule has 0 bridgehead atoms. The van der Waals surface area contributed by atoms with Crippen LogP contribution in [0.4, 0.5) is 11.6 Å². The summed E-state index contributed by atoms with van der Waals surface area (Å²) in [5, 5.41) is 3.21. The molecular weight excluding hydrogens is 266 g/mol. The van der Waals surface area contributed by atoms with E-state index in [-0.39, 0.29) is 5.91 Å². The molecule has 6 heteroatoms. The molecule has 0 atom stereocenters. The maximum absolute atomic E-state index is 11.9. The van der Waals surface area contributed by atoms with E-state index < -0.39 is 0 Å². The molecule has 0 saturated heterocycles. The van der Waals surface area contributed by atoms with E-state index in [2.05, 4.69) is 22.2 Å². The lowest BCUT2D eigenvalue weighted by Crippen LogP contribution is -2.31. The molecule has 118 valence electrons. The minimum absolute atomic E-state index is 0.154. The molecular formula is C15H27N5O. The molecule has 3 N–H and O–H groups in total. The Balaban J connectivity index is 2.64. The smallest absolute Gasteiger partial charge is 0.224 e. The maximum atomic E-state index is 11.9. The first kappa shape index (κ1) is 17.2. The van der Waals surface area contributed by atoms with Gasteiger partial charge < -0.3 is 16.0 Å². The molecule has 1 heterocycles. The highest BCUT2D eigenvalue weighted by atomic mass is 16.2. The van der Waals surface area contributed by atoms with E-state index in [1.807, 2.05) is 25.7 Å². The largest absolute Gasteiger partial charge is 0.383 e. The van der Waals surface area contributed by atoms with Crippen LogP contribution in [0.5, 0.6) is 0 Å². The summed E-state index contributed by atoms with van der Waals surface area (Å²) in [7, 11) is 0. The van der Waals surface area contributed by atoms with E-state index >= 15 is 0 Å². The fourth-order valence-electron chi connectivity index (χ4n) is 2.11. The number of nitrogens with two attached hydrogens (primary N) is 1. The Morgan fingerprint density at radius 2 is 1.90 bits per heavy atom. The third-order valence-electron chi connectivity index (χ3n) is 3.45. The monoisotopic (exact) mass is 293 g/mol. The van der Waals surface area contributed by atoms with Crippen molar-refractivity contribution in [2.24, 2.45) is 0 Å². The fourth-order valence-corrected chi connectivity index (χ4v) is 2.11. The Bertz CT molecular complexity index is 471. The summed E-state index contributed by atoms with van der Waals surface area (Å²) < 4.78 is 0. The Labute approximate surface area is 127 Å². The lowest BCUT2D eigenvalue weighted by Gasteiger charge is -2.19. The number of anilines is 2. The predicted molar refractivity (Wildman–Crippen MR) is 86.2 cm³/mol. The second-order valence-electron chi connectivity index (χ2n) is 4.99. The number of nitrogens with zero attached hydrogens (tertiary/aromatic N) is 3. The van der Waals surface area contributed by atoms with Crippen LogP contribution >= 0.6 is 0 Å². The second-order valence-corrected chi connectivity index (χ2v) is 4.99.